The molecular formula is C16H20N2O2. The summed E-state index contributed by atoms with van der Waals surface area (Å²) < 4.78 is 5.32. The Kier molecular flexibility index (Phi) is 2.72. The smallest absolute Gasteiger partial charge is 0.307 e. The summed E-state index contributed by atoms with van der Waals surface area (Å²) in [6, 6.07) is 3.49. The minimum atomic E-state index is -0.237. The predicted octanol–water partition coefficient (Wildman–Crippen LogP) is 3.13. The van der Waals surface area contributed by atoms with Gasteiger partial charge in [-0.05, 0) is 74.8 Å². The lowest BCUT2D eigenvalue weighted by Crippen LogP contribution is -2.46. The minimum absolute atomic E-state index is 0.237. The lowest BCUT2D eigenvalue weighted by atomic mass is 9.55. The number of nitrogens with zero attached hydrogens (tertiary/aromatic N) is 1. The Morgan fingerprint density at radius 1 is 1.15 bits per heavy atom. The first-order chi connectivity index (χ1) is 9.69. The van der Waals surface area contributed by atoms with Gasteiger partial charge in [-0.3, -0.25) is 4.79 Å². The predicted molar refractivity (Wildman–Crippen MR) is 75.4 cm³/mol. The molecule has 0 aromatic carbocycles. The van der Waals surface area contributed by atoms with Crippen molar-refractivity contribution < 1.29 is 9.21 Å². The van der Waals surface area contributed by atoms with Gasteiger partial charge in [0.2, 0.25) is 0 Å². The fourth-order valence-electron chi connectivity index (χ4n) is 4.58. The minimum Gasteiger partial charge on any atom is -0.456 e. The maximum atomic E-state index is 12.0. The van der Waals surface area contributed by atoms with Gasteiger partial charge in [0.25, 0.3) is 0 Å². The summed E-state index contributed by atoms with van der Waals surface area (Å²) in [4.78, 5) is 12.0. The Morgan fingerprint density at radius 2 is 1.80 bits per heavy atom. The number of hydrogen-bond acceptors (Lipinski definition) is 3. The molecule has 1 aromatic rings. The van der Waals surface area contributed by atoms with E-state index in [4.69, 9.17) is 4.42 Å². The molecule has 4 heteroatoms. The van der Waals surface area contributed by atoms with E-state index in [-0.39, 0.29) is 5.91 Å². The highest BCUT2D eigenvalue weighted by Crippen LogP contribution is 2.52. The van der Waals surface area contributed by atoms with Gasteiger partial charge < -0.3 is 4.42 Å². The van der Waals surface area contributed by atoms with Crippen LogP contribution in [0.25, 0.3) is 0 Å². The fraction of sp³-hybridized carbons (Fsp3) is 0.625. The molecule has 1 N–H and O–H groups in total. The van der Waals surface area contributed by atoms with Crippen molar-refractivity contribution >= 4 is 11.6 Å². The van der Waals surface area contributed by atoms with Crippen LogP contribution in [0.15, 0.2) is 21.7 Å². The molecule has 1 heterocycles. The van der Waals surface area contributed by atoms with E-state index in [1.54, 1.807) is 12.1 Å². The summed E-state index contributed by atoms with van der Waals surface area (Å²) in [5.74, 6) is 3.92. The second-order valence-corrected chi connectivity index (χ2v) is 6.69. The van der Waals surface area contributed by atoms with Crippen LogP contribution in [0.5, 0.6) is 0 Å². The number of rotatable bonds is 2. The quantitative estimate of drug-likeness (QED) is 0.841. The number of carbonyl (C=O) groups is 1. The van der Waals surface area contributed by atoms with Gasteiger partial charge in [-0.1, -0.05) is 0 Å². The molecule has 0 atom stereocenters. The first-order valence-electron chi connectivity index (χ1n) is 7.63. The third-order valence-corrected chi connectivity index (χ3v) is 5.23. The zero-order valence-corrected chi connectivity index (χ0v) is 11.8. The second-order valence-electron chi connectivity index (χ2n) is 6.69. The van der Waals surface area contributed by atoms with Gasteiger partial charge in [-0.2, -0.15) is 5.10 Å². The Bertz CT molecular complexity index is 543. The molecule has 4 bridgehead atoms. The molecule has 20 heavy (non-hydrogen) atoms. The molecule has 106 valence electrons. The highest BCUT2D eigenvalue weighted by Gasteiger charge is 2.46. The number of carbonyl (C=O) groups excluding carboxylic acids is 1. The molecule has 0 aliphatic heterocycles. The van der Waals surface area contributed by atoms with E-state index in [0.717, 1.165) is 17.6 Å². The van der Waals surface area contributed by atoms with Gasteiger partial charge >= 0.3 is 5.91 Å². The standard InChI is InChI=1S/C16H20N2O2/c1-9-2-3-14(20-9)16(19)18-17-15-12-5-10-4-11(7-12)8-13(15)6-10/h2-3,10-13H,4-8H2,1H3,(H,18,19). The molecule has 0 saturated heterocycles. The highest BCUT2D eigenvalue weighted by atomic mass is 16.3. The van der Waals surface area contributed by atoms with Crippen molar-refractivity contribution in [3.63, 3.8) is 0 Å². The third-order valence-electron chi connectivity index (χ3n) is 5.23. The summed E-state index contributed by atoms with van der Waals surface area (Å²) in [6.07, 6.45) is 6.55. The summed E-state index contributed by atoms with van der Waals surface area (Å²) in [6.45, 7) is 1.83. The molecule has 0 radical (unpaired) electrons. The van der Waals surface area contributed by atoms with Crippen molar-refractivity contribution in [2.45, 2.75) is 39.0 Å². The van der Waals surface area contributed by atoms with E-state index < -0.39 is 0 Å². The van der Waals surface area contributed by atoms with Crippen LogP contribution in [0, 0.1) is 30.6 Å². The van der Waals surface area contributed by atoms with E-state index in [2.05, 4.69) is 10.5 Å². The zero-order chi connectivity index (χ0) is 13.7. The second kappa shape index (κ2) is 4.47. The van der Waals surface area contributed by atoms with Crippen molar-refractivity contribution in [1.29, 1.82) is 0 Å². The van der Waals surface area contributed by atoms with Gasteiger partial charge in [0.1, 0.15) is 5.76 Å². The van der Waals surface area contributed by atoms with Crippen LogP contribution in [0.3, 0.4) is 0 Å². The van der Waals surface area contributed by atoms with Crippen molar-refractivity contribution in [3.05, 3.63) is 23.7 Å². The number of furan rings is 1. The Labute approximate surface area is 118 Å². The molecule has 5 rings (SSSR count). The van der Waals surface area contributed by atoms with Crippen molar-refractivity contribution in [1.82, 2.24) is 5.43 Å². The lowest BCUT2D eigenvalue weighted by molar-refractivity contribution is 0.0915. The van der Waals surface area contributed by atoms with Crippen molar-refractivity contribution in [2.24, 2.45) is 28.8 Å². The van der Waals surface area contributed by atoms with Crippen LogP contribution in [-0.2, 0) is 0 Å². The molecule has 4 fully saturated rings. The van der Waals surface area contributed by atoms with E-state index in [1.807, 2.05) is 6.92 Å². The van der Waals surface area contributed by atoms with Crippen LogP contribution >= 0.6 is 0 Å². The van der Waals surface area contributed by atoms with Crippen LogP contribution < -0.4 is 5.43 Å². The fourth-order valence-corrected chi connectivity index (χ4v) is 4.58. The highest BCUT2D eigenvalue weighted by molar-refractivity contribution is 5.95. The molecule has 1 amide bonds. The maximum absolute atomic E-state index is 12.0. The summed E-state index contributed by atoms with van der Waals surface area (Å²) in [5, 5.41) is 4.47. The number of hydrogen-bond donors (Lipinski definition) is 1. The number of amides is 1. The Hall–Kier alpha value is -1.58. The first-order valence-corrected chi connectivity index (χ1v) is 7.63. The van der Waals surface area contributed by atoms with E-state index in [1.165, 1.54) is 37.8 Å². The molecule has 1 aromatic heterocycles. The Balaban J connectivity index is 1.49. The van der Waals surface area contributed by atoms with Gasteiger partial charge in [-0.15, -0.1) is 0 Å². The maximum Gasteiger partial charge on any atom is 0.307 e. The lowest BCUT2D eigenvalue weighted by Gasteiger charge is -2.50. The molecule has 4 aliphatic carbocycles. The first kappa shape index (κ1) is 12.2. The normalized spacial score (nSPS) is 34.4. The largest absolute Gasteiger partial charge is 0.456 e. The Morgan fingerprint density at radius 3 is 2.35 bits per heavy atom. The number of nitrogens with one attached hydrogen (secondary N) is 1. The van der Waals surface area contributed by atoms with E-state index in [9.17, 15) is 4.79 Å². The number of hydrazone groups is 1. The van der Waals surface area contributed by atoms with Crippen molar-refractivity contribution in [2.75, 3.05) is 0 Å². The SMILES string of the molecule is Cc1ccc(C(=O)NN=C2C3CC4CC(C3)CC2C4)o1. The monoisotopic (exact) mass is 272 g/mol. The molecule has 0 spiro atoms. The van der Waals surface area contributed by atoms with Crippen LogP contribution in [0.4, 0.5) is 0 Å². The van der Waals surface area contributed by atoms with Crippen LogP contribution in [-0.4, -0.2) is 11.6 Å². The van der Waals surface area contributed by atoms with Crippen LogP contribution in [0.2, 0.25) is 0 Å². The molecular weight excluding hydrogens is 252 g/mol. The third kappa shape index (κ3) is 1.98. The van der Waals surface area contributed by atoms with Gasteiger partial charge in [-0.25, -0.2) is 5.43 Å². The number of aryl methyl sites for hydroxylation is 1. The van der Waals surface area contributed by atoms with E-state index >= 15 is 0 Å². The van der Waals surface area contributed by atoms with E-state index in [0.29, 0.717) is 17.6 Å². The van der Waals surface area contributed by atoms with Gasteiger partial charge in [0.15, 0.2) is 5.76 Å². The topological polar surface area (TPSA) is 54.6 Å². The average molecular weight is 272 g/mol. The van der Waals surface area contributed by atoms with Gasteiger partial charge in [0.05, 0.1) is 0 Å². The average Bonchev–Trinajstić information content (AvgIpc) is 2.83. The summed E-state index contributed by atoms with van der Waals surface area (Å²) in [7, 11) is 0. The van der Waals surface area contributed by atoms with Crippen LogP contribution in [0.1, 0.15) is 48.4 Å². The molecule has 0 unspecified atom stereocenters. The molecule has 4 saturated carbocycles. The molecule has 4 aliphatic rings. The summed E-state index contributed by atoms with van der Waals surface area (Å²) >= 11 is 0. The molecule has 4 nitrogen and oxygen atoms in total. The van der Waals surface area contributed by atoms with Crippen molar-refractivity contribution in [3.8, 4) is 0 Å². The van der Waals surface area contributed by atoms with Gasteiger partial charge in [0, 0.05) is 5.71 Å². The summed E-state index contributed by atoms with van der Waals surface area (Å²) in [5.41, 5.74) is 3.94. The zero-order valence-electron chi connectivity index (χ0n) is 11.8.